The molecule has 3 aromatic rings. The number of anilines is 1. The van der Waals surface area contributed by atoms with Crippen molar-refractivity contribution in [2.24, 2.45) is 0 Å². The largest absolute Gasteiger partial charge is 0.496 e. The molecule has 1 amide bonds. The highest BCUT2D eigenvalue weighted by atomic mass is 32.2. The number of hydrogen-bond donors (Lipinski definition) is 2. The van der Waals surface area contributed by atoms with Gasteiger partial charge in [-0.3, -0.25) is 9.52 Å². The predicted octanol–water partition coefficient (Wildman–Crippen LogP) is 6.90. The first-order chi connectivity index (χ1) is 16.4. The Kier molecular flexibility index (Phi) is 7.78. The van der Waals surface area contributed by atoms with Gasteiger partial charge in [0.2, 0.25) is 0 Å². The van der Waals surface area contributed by atoms with Gasteiger partial charge < -0.3 is 10.1 Å². The second kappa shape index (κ2) is 10.4. The number of carbonyl (C=O) groups is 1. The van der Waals surface area contributed by atoms with Crippen LogP contribution in [0.15, 0.2) is 65.6 Å². The van der Waals surface area contributed by atoms with Crippen LogP contribution in [0.5, 0.6) is 5.75 Å². The van der Waals surface area contributed by atoms with E-state index in [1.807, 2.05) is 26.8 Å². The molecule has 0 heterocycles. The Bertz CT molecular complexity index is 1280. The van der Waals surface area contributed by atoms with Gasteiger partial charge in [0, 0.05) is 22.4 Å². The molecule has 0 fully saturated rings. The molecule has 0 spiro atoms. The van der Waals surface area contributed by atoms with E-state index in [-0.39, 0.29) is 27.9 Å². The van der Waals surface area contributed by atoms with Crippen LogP contribution in [-0.4, -0.2) is 18.6 Å². The van der Waals surface area contributed by atoms with Crippen LogP contribution in [-0.2, 0) is 6.18 Å². The molecule has 3 aromatic carbocycles. The topological polar surface area (TPSA) is 74.1 Å². The number of hydrogen-bond acceptors (Lipinski definition) is 5. The van der Waals surface area contributed by atoms with Crippen molar-refractivity contribution < 1.29 is 22.7 Å². The summed E-state index contributed by atoms with van der Waals surface area (Å²) in [6, 6.07) is 16.2. The van der Waals surface area contributed by atoms with E-state index in [9.17, 15) is 23.2 Å². The van der Waals surface area contributed by atoms with Crippen LogP contribution >= 0.6 is 11.9 Å². The molecule has 0 saturated heterocycles. The normalized spacial score (nSPS) is 11.6. The van der Waals surface area contributed by atoms with Crippen LogP contribution in [0.4, 0.5) is 18.9 Å². The van der Waals surface area contributed by atoms with Gasteiger partial charge in [0.15, 0.2) is 0 Å². The number of nitriles is 1. The van der Waals surface area contributed by atoms with Crippen molar-refractivity contribution in [1.29, 1.82) is 5.26 Å². The van der Waals surface area contributed by atoms with Crippen LogP contribution in [0.3, 0.4) is 0 Å². The molecular formula is C26H24F3N3O2S. The molecule has 182 valence electrons. The number of ether oxygens (including phenoxy) is 1. The molecule has 35 heavy (non-hydrogen) atoms. The average Bonchev–Trinajstić information content (AvgIpc) is 2.81. The Hall–Kier alpha value is -3.48. The summed E-state index contributed by atoms with van der Waals surface area (Å²) in [7, 11) is 1.51. The molecule has 0 radical (unpaired) electrons. The first-order valence-corrected chi connectivity index (χ1v) is 11.4. The van der Waals surface area contributed by atoms with Crippen LogP contribution in [0, 0.1) is 11.3 Å². The Morgan fingerprint density at radius 3 is 2.34 bits per heavy atom. The maximum Gasteiger partial charge on any atom is 0.417 e. The fourth-order valence-corrected chi connectivity index (χ4v) is 4.01. The van der Waals surface area contributed by atoms with Crippen LogP contribution in [0.25, 0.3) is 11.1 Å². The van der Waals surface area contributed by atoms with E-state index in [1.165, 1.54) is 55.5 Å². The van der Waals surface area contributed by atoms with E-state index in [0.29, 0.717) is 11.3 Å². The lowest BCUT2D eigenvalue weighted by molar-refractivity contribution is -0.137. The summed E-state index contributed by atoms with van der Waals surface area (Å²) < 4.78 is 49.0. The predicted molar refractivity (Wildman–Crippen MR) is 131 cm³/mol. The number of benzene rings is 3. The number of methoxy groups -OCH3 is 1. The van der Waals surface area contributed by atoms with Crippen molar-refractivity contribution in [3.8, 4) is 22.9 Å². The van der Waals surface area contributed by atoms with Gasteiger partial charge in [0.1, 0.15) is 5.75 Å². The third kappa shape index (κ3) is 6.56. The summed E-state index contributed by atoms with van der Waals surface area (Å²) in [6.45, 7) is 6.07. The SMILES string of the molecule is COc1cc(C(=O)Nc2ccc(-c3ccccc3C(F)(F)F)c(C#N)c2)ccc1SNC(C)(C)C. The van der Waals surface area contributed by atoms with Crippen LogP contribution < -0.4 is 14.8 Å². The summed E-state index contributed by atoms with van der Waals surface area (Å²) in [5.74, 6) is 0.0622. The zero-order valence-corrected chi connectivity index (χ0v) is 20.4. The van der Waals surface area contributed by atoms with Gasteiger partial charge in [-0.05, 0) is 74.7 Å². The number of alkyl halides is 3. The van der Waals surface area contributed by atoms with Gasteiger partial charge in [-0.25, -0.2) is 0 Å². The van der Waals surface area contributed by atoms with Gasteiger partial charge in [0.05, 0.1) is 29.2 Å². The Balaban J connectivity index is 1.86. The summed E-state index contributed by atoms with van der Waals surface area (Å²) in [6.07, 6.45) is -4.57. The molecule has 3 rings (SSSR count). The van der Waals surface area contributed by atoms with Crippen LogP contribution in [0.1, 0.15) is 42.3 Å². The van der Waals surface area contributed by atoms with Crippen molar-refractivity contribution in [3.63, 3.8) is 0 Å². The highest BCUT2D eigenvalue weighted by molar-refractivity contribution is 7.97. The Morgan fingerprint density at radius 1 is 1.00 bits per heavy atom. The van der Waals surface area contributed by atoms with Crippen LogP contribution in [0.2, 0.25) is 0 Å². The quantitative estimate of drug-likeness (QED) is 0.361. The van der Waals surface area contributed by atoms with Gasteiger partial charge >= 0.3 is 6.18 Å². The fraction of sp³-hybridized carbons (Fsp3) is 0.231. The number of amides is 1. The summed E-state index contributed by atoms with van der Waals surface area (Å²) in [5, 5.41) is 12.3. The number of halogens is 3. The monoisotopic (exact) mass is 499 g/mol. The molecule has 0 unspecified atom stereocenters. The molecule has 0 saturated carbocycles. The average molecular weight is 500 g/mol. The van der Waals surface area contributed by atoms with Crippen molar-refractivity contribution in [2.45, 2.75) is 37.4 Å². The number of rotatable bonds is 6. The minimum Gasteiger partial charge on any atom is -0.496 e. The van der Waals surface area contributed by atoms with E-state index in [1.54, 1.807) is 18.2 Å². The third-order valence-electron chi connectivity index (χ3n) is 4.81. The second-order valence-electron chi connectivity index (χ2n) is 8.69. The zero-order valence-electron chi connectivity index (χ0n) is 19.6. The lowest BCUT2D eigenvalue weighted by Crippen LogP contribution is -2.29. The third-order valence-corrected chi connectivity index (χ3v) is 6.09. The molecular weight excluding hydrogens is 475 g/mol. The molecule has 0 aliphatic carbocycles. The second-order valence-corrected chi connectivity index (χ2v) is 9.54. The molecule has 0 aliphatic rings. The van der Waals surface area contributed by atoms with Gasteiger partial charge in [-0.15, -0.1) is 0 Å². The zero-order chi connectivity index (χ0) is 25.8. The Morgan fingerprint density at radius 2 is 1.71 bits per heavy atom. The fourth-order valence-electron chi connectivity index (χ4n) is 3.22. The van der Waals surface area contributed by atoms with Crippen molar-refractivity contribution in [2.75, 3.05) is 12.4 Å². The smallest absolute Gasteiger partial charge is 0.417 e. The van der Waals surface area contributed by atoms with Gasteiger partial charge in [-0.2, -0.15) is 18.4 Å². The maximum atomic E-state index is 13.4. The Labute approximate surface area is 206 Å². The van der Waals surface area contributed by atoms with Crippen molar-refractivity contribution >= 4 is 23.5 Å². The van der Waals surface area contributed by atoms with Gasteiger partial charge in [-0.1, -0.05) is 24.3 Å². The first kappa shape index (κ1) is 26.1. The summed E-state index contributed by atoms with van der Waals surface area (Å²) in [4.78, 5) is 13.6. The number of carbonyl (C=O) groups excluding carboxylic acids is 1. The van der Waals surface area contributed by atoms with Crippen molar-refractivity contribution in [3.05, 3.63) is 77.4 Å². The van der Waals surface area contributed by atoms with E-state index in [0.717, 1.165) is 11.0 Å². The summed E-state index contributed by atoms with van der Waals surface area (Å²) in [5.41, 5.74) is -0.310. The molecule has 0 bridgehead atoms. The van der Waals surface area contributed by atoms with E-state index in [2.05, 4.69) is 10.0 Å². The highest BCUT2D eigenvalue weighted by Crippen LogP contribution is 2.38. The standard InChI is InChI=1S/C26H24F3N3O2S/c1-25(2,3)32-35-23-12-9-16(14-22(23)34-4)24(33)31-18-10-11-19(17(13-18)15-30)20-7-5-6-8-21(20)26(27,28)29/h5-14,32H,1-4H3,(H,31,33). The van der Waals surface area contributed by atoms with Gasteiger partial charge in [0.25, 0.3) is 5.91 Å². The molecule has 5 nitrogen and oxygen atoms in total. The van der Waals surface area contributed by atoms with E-state index >= 15 is 0 Å². The lowest BCUT2D eigenvalue weighted by Gasteiger charge is -2.20. The molecule has 2 N–H and O–H groups in total. The maximum absolute atomic E-state index is 13.4. The van der Waals surface area contributed by atoms with Crippen molar-refractivity contribution in [1.82, 2.24) is 4.72 Å². The molecule has 9 heteroatoms. The van der Waals surface area contributed by atoms with E-state index in [4.69, 9.17) is 4.74 Å². The molecule has 0 atom stereocenters. The highest BCUT2D eigenvalue weighted by Gasteiger charge is 2.33. The molecule has 0 aromatic heterocycles. The minimum atomic E-state index is -4.57. The summed E-state index contributed by atoms with van der Waals surface area (Å²) >= 11 is 1.39. The first-order valence-electron chi connectivity index (χ1n) is 10.6. The molecule has 0 aliphatic heterocycles. The number of nitrogens with zero attached hydrogens (tertiary/aromatic N) is 1. The minimum absolute atomic E-state index is 0.0112. The van der Waals surface area contributed by atoms with E-state index < -0.39 is 17.6 Å². The number of nitrogens with one attached hydrogen (secondary N) is 2. The lowest BCUT2D eigenvalue weighted by atomic mass is 9.95.